The molecule has 0 saturated carbocycles. The number of aromatic nitrogens is 5. The van der Waals surface area contributed by atoms with Crippen LogP contribution in [-0.2, 0) is 19.2 Å². The Morgan fingerprint density at radius 3 is 2.56 bits per heavy atom. The van der Waals surface area contributed by atoms with Gasteiger partial charge in [-0.25, -0.2) is 9.97 Å². The maximum atomic E-state index is 13.3. The number of rotatable bonds is 9. The summed E-state index contributed by atoms with van der Waals surface area (Å²) in [6.07, 6.45) is 3.07. The maximum absolute atomic E-state index is 13.3. The van der Waals surface area contributed by atoms with Gasteiger partial charge in [-0.15, -0.1) is 0 Å². The molecule has 0 saturated heterocycles. The van der Waals surface area contributed by atoms with Crippen LogP contribution in [0.1, 0.15) is 53.6 Å². The Labute approximate surface area is 251 Å². The molecule has 0 aliphatic carbocycles. The summed E-state index contributed by atoms with van der Waals surface area (Å²) in [5, 5.41) is 29.1. The minimum atomic E-state index is -1.20. The van der Waals surface area contributed by atoms with Crippen molar-refractivity contribution in [3.8, 4) is 22.5 Å². The minimum absolute atomic E-state index is 0.172. The maximum Gasteiger partial charge on any atom is 0.253 e. The molecule has 5 aromatic rings. The fourth-order valence-electron chi connectivity index (χ4n) is 5.25. The molecule has 0 unspecified atom stereocenters. The Bertz CT molecular complexity index is 1800. The Kier molecular flexibility index (Phi) is 8.09. The van der Waals surface area contributed by atoms with Crippen molar-refractivity contribution in [2.45, 2.75) is 52.9 Å². The van der Waals surface area contributed by atoms with Gasteiger partial charge in [-0.3, -0.25) is 4.79 Å². The molecule has 0 aliphatic heterocycles. The molecule has 0 fully saturated rings. The third kappa shape index (κ3) is 6.16. The van der Waals surface area contributed by atoms with Gasteiger partial charge < -0.3 is 25.0 Å². The standard InChI is InChI=1S/C33H39N7O3/c1-20-11-12-24(16-26(20)32(42)39(7)19-21(2)41)29-22(3)37-40-28(17-27(33(4,5)43)36-31(29)40)35-18-23-9-8-10-25(15-23)30-34-13-14-38(30)6/h8-17,21,35,41,43H,18-19H2,1-7H3/t21-/m1/s1. The summed E-state index contributed by atoms with van der Waals surface area (Å²) >= 11 is 0. The quantitative estimate of drug-likeness (QED) is 0.231. The van der Waals surface area contributed by atoms with Crippen molar-refractivity contribution in [1.29, 1.82) is 0 Å². The number of hydrogen-bond donors (Lipinski definition) is 3. The highest BCUT2D eigenvalue weighted by Gasteiger charge is 2.25. The van der Waals surface area contributed by atoms with Crippen molar-refractivity contribution in [2.75, 3.05) is 18.9 Å². The van der Waals surface area contributed by atoms with Crippen molar-refractivity contribution < 1.29 is 15.0 Å². The number of nitrogens with zero attached hydrogens (tertiary/aromatic N) is 6. The lowest BCUT2D eigenvalue weighted by Gasteiger charge is -2.20. The van der Waals surface area contributed by atoms with Gasteiger partial charge in [0.15, 0.2) is 5.65 Å². The molecule has 3 N–H and O–H groups in total. The summed E-state index contributed by atoms with van der Waals surface area (Å²) < 4.78 is 3.74. The van der Waals surface area contributed by atoms with Crippen molar-refractivity contribution in [2.24, 2.45) is 7.05 Å². The number of anilines is 1. The minimum Gasteiger partial charge on any atom is -0.392 e. The Morgan fingerprint density at radius 1 is 1.12 bits per heavy atom. The van der Waals surface area contributed by atoms with Gasteiger partial charge in [-0.2, -0.15) is 9.61 Å². The molecule has 0 radical (unpaired) electrons. The topological polar surface area (TPSA) is 121 Å². The average Bonchev–Trinajstić information content (AvgIpc) is 3.53. The molecule has 224 valence electrons. The first-order valence-corrected chi connectivity index (χ1v) is 14.3. The van der Waals surface area contributed by atoms with Crippen LogP contribution in [0.3, 0.4) is 0 Å². The summed E-state index contributed by atoms with van der Waals surface area (Å²) in [6, 6.07) is 15.7. The molecule has 0 aliphatic rings. The van der Waals surface area contributed by atoms with E-state index in [-0.39, 0.29) is 12.5 Å². The normalized spacial score (nSPS) is 12.5. The molecule has 3 heterocycles. The zero-order chi connectivity index (χ0) is 31.1. The Morgan fingerprint density at radius 2 is 1.88 bits per heavy atom. The van der Waals surface area contributed by atoms with Gasteiger partial charge in [0.25, 0.3) is 5.91 Å². The largest absolute Gasteiger partial charge is 0.392 e. The number of nitrogens with one attached hydrogen (secondary N) is 1. The predicted molar refractivity (Wildman–Crippen MR) is 168 cm³/mol. The SMILES string of the molecule is Cc1ccc(-c2c(C)nn3c(NCc4cccc(-c5nccn5C)c4)cc(C(C)(C)O)nc23)cc1C(=O)N(C)C[C@@H](C)O. The number of aliphatic hydroxyl groups is 2. The van der Waals surface area contributed by atoms with E-state index in [0.29, 0.717) is 29.3 Å². The number of carbonyl (C=O) groups excluding carboxylic acids is 1. The van der Waals surface area contributed by atoms with Crippen LogP contribution in [-0.4, -0.2) is 64.9 Å². The van der Waals surface area contributed by atoms with Crippen LogP contribution in [0.15, 0.2) is 60.9 Å². The number of aryl methyl sites for hydroxylation is 3. The van der Waals surface area contributed by atoms with Crippen LogP contribution in [0.4, 0.5) is 5.82 Å². The summed E-state index contributed by atoms with van der Waals surface area (Å²) in [6.45, 7) is 9.61. The third-order valence-electron chi connectivity index (χ3n) is 7.51. The third-order valence-corrected chi connectivity index (χ3v) is 7.51. The molecule has 10 heteroatoms. The van der Waals surface area contributed by atoms with E-state index >= 15 is 0 Å². The van der Waals surface area contributed by atoms with E-state index in [1.54, 1.807) is 38.5 Å². The second kappa shape index (κ2) is 11.6. The summed E-state index contributed by atoms with van der Waals surface area (Å²) in [5.74, 6) is 1.39. The fraction of sp³-hybridized carbons (Fsp3) is 0.333. The first kappa shape index (κ1) is 29.9. The van der Waals surface area contributed by atoms with Crippen molar-refractivity contribution in [3.05, 3.63) is 89.0 Å². The van der Waals surface area contributed by atoms with E-state index in [4.69, 9.17) is 10.1 Å². The van der Waals surface area contributed by atoms with Crippen LogP contribution >= 0.6 is 0 Å². The molecular weight excluding hydrogens is 542 g/mol. The van der Waals surface area contributed by atoms with E-state index in [9.17, 15) is 15.0 Å². The predicted octanol–water partition coefficient (Wildman–Crippen LogP) is 4.71. The lowest BCUT2D eigenvalue weighted by Crippen LogP contribution is -2.33. The number of benzene rings is 2. The second-order valence-corrected chi connectivity index (χ2v) is 11.8. The summed E-state index contributed by atoms with van der Waals surface area (Å²) in [4.78, 5) is 24.1. The molecule has 3 aromatic heterocycles. The zero-order valence-electron chi connectivity index (χ0n) is 25.8. The van der Waals surface area contributed by atoms with Crippen LogP contribution in [0.25, 0.3) is 28.2 Å². The molecule has 2 aromatic carbocycles. The van der Waals surface area contributed by atoms with Gasteiger partial charge in [0.1, 0.15) is 17.2 Å². The van der Waals surface area contributed by atoms with Crippen LogP contribution in [0.5, 0.6) is 0 Å². The van der Waals surface area contributed by atoms with Crippen molar-refractivity contribution >= 4 is 17.4 Å². The molecule has 5 rings (SSSR count). The number of carbonyl (C=O) groups is 1. The van der Waals surface area contributed by atoms with Gasteiger partial charge in [0.05, 0.1) is 17.5 Å². The lowest BCUT2D eigenvalue weighted by molar-refractivity contribution is 0.0702. The lowest BCUT2D eigenvalue weighted by atomic mass is 9.98. The number of aliphatic hydroxyl groups excluding tert-OH is 1. The smallest absolute Gasteiger partial charge is 0.253 e. The summed E-state index contributed by atoms with van der Waals surface area (Å²) in [7, 11) is 3.65. The molecule has 0 bridgehead atoms. The van der Waals surface area contributed by atoms with Gasteiger partial charge in [-0.1, -0.05) is 30.3 Å². The first-order valence-electron chi connectivity index (χ1n) is 14.3. The number of amides is 1. The van der Waals surface area contributed by atoms with Gasteiger partial charge in [0.2, 0.25) is 0 Å². The van der Waals surface area contributed by atoms with Crippen molar-refractivity contribution in [1.82, 2.24) is 29.0 Å². The van der Waals surface area contributed by atoms with E-state index in [1.165, 1.54) is 4.90 Å². The van der Waals surface area contributed by atoms with Crippen LogP contribution in [0.2, 0.25) is 0 Å². The molecule has 1 amide bonds. The van der Waals surface area contributed by atoms with E-state index < -0.39 is 11.7 Å². The van der Waals surface area contributed by atoms with E-state index in [0.717, 1.165) is 39.3 Å². The van der Waals surface area contributed by atoms with Crippen molar-refractivity contribution in [3.63, 3.8) is 0 Å². The highest BCUT2D eigenvalue weighted by atomic mass is 16.3. The molecule has 0 spiro atoms. The fourth-order valence-corrected chi connectivity index (χ4v) is 5.25. The number of hydrogen-bond acceptors (Lipinski definition) is 7. The summed E-state index contributed by atoms with van der Waals surface area (Å²) in [5.41, 5.74) is 5.62. The number of fused-ring (bicyclic) bond motifs is 1. The molecule has 43 heavy (non-hydrogen) atoms. The van der Waals surface area contributed by atoms with Crippen LogP contribution in [0, 0.1) is 13.8 Å². The first-order chi connectivity index (χ1) is 20.3. The van der Waals surface area contributed by atoms with E-state index in [1.807, 2.05) is 74.1 Å². The zero-order valence-corrected chi connectivity index (χ0v) is 25.8. The second-order valence-electron chi connectivity index (χ2n) is 11.8. The van der Waals surface area contributed by atoms with Gasteiger partial charge in [0, 0.05) is 62.3 Å². The monoisotopic (exact) mass is 581 g/mol. The van der Waals surface area contributed by atoms with E-state index in [2.05, 4.69) is 16.4 Å². The Balaban J connectivity index is 1.56. The van der Waals surface area contributed by atoms with Gasteiger partial charge >= 0.3 is 0 Å². The van der Waals surface area contributed by atoms with Crippen LogP contribution < -0.4 is 5.32 Å². The average molecular weight is 582 g/mol. The number of imidazole rings is 1. The molecule has 10 nitrogen and oxygen atoms in total. The highest BCUT2D eigenvalue weighted by Crippen LogP contribution is 2.33. The number of likely N-dealkylation sites (N-methyl/N-ethyl adjacent to an activating group) is 1. The highest BCUT2D eigenvalue weighted by molar-refractivity contribution is 5.97. The molecular formula is C33H39N7O3. The Hall–Kier alpha value is -4.54. The molecule has 1 atom stereocenters. The van der Waals surface area contributed by atoms with Gasteiger partial charge in [-0.05, 0) is 63.4 Å².